The molecule has 0 saturated carbocycles. The summed E-state index contributed by atoms with van der Waals surface area (Å²) in [5, 5.41) is 12.5. The Kier molecular flexibility index (Phi) is 2.92. The van der Waals surface area contributed by atoms with Crippen LogP contribution in [0.15, 0.2) is 36.5 Å². The summed E-state index contributed by atoms with van der Waals surface area (Å²) in [6.45, 7) is 3.57. The highest BCUT2D eigenvalue weighted by atomic mass is 16.2. The van der Waals surface area contributed by atoms with Gasteiger partial charge >= 0.3 is 0 Å². The van der Waals surface area contributed by atoms with Gasteiger partial charge in [-0.1, -0.05) is 17.3 Å². The Morgan fingerprint density at radius 3 is 3.09 bits per heavy atom. The number of hydrogen-bond donors (Lipinski definition) is 0. The second kappa shape index (κ2) is 4.94. The standard InChI is InChI=1S/C15H16N6O/c1-11-8-20-12(6-7-16-20)9-19(11)15(22)10-21-14-5-3-2-4-13(14)17-18-21/h2-7,11H,8-10H2,1H3. The first-order chi connectivity index (χ1) is 10.7. The fraction of sp³-hybridized carbons (Fsp3) is 0.333. The Morgan fingerprint density at radius 2 is 2.18 bits per heavy atom. The summed E-state index contributed by atoms with van der Waals surface area (Å²) in [7, 11) is 0. The number of para-hydroxylation sites is 1. The van der Waals surface area contributed by atoms with E-state index in [1.54, 1.807) is 10.9 Å². The first-order valence-corrected chi connectivity index (χ1v) is 7.31. The van der Waals surface area contributed by atoms with Gasteiger partial charge < -0.3 is 4.90 Å². The molecule has 1 unspecified atom stereocenters. The molecule has 7 nitrogen and oxygen atoms in total. The fourth-order valence-corrected chi connectivity index (χ4v) is 2.93. The highest BCUT2D eigenvalue weighted by molar-refractivity contribution is 5.80. The molecule has 3 heterocycles. The van der Waals surface area contributed by atoms with Gasteiger partial charge in [0.15, 0.2) is 0 Å². The number of aromatic nitrogens is 5. The lowest BCUT2D eigenvalue weighted by Crippen LogP contribution is -2.46. The van der Waals surface area contributed by atoms with Gasteiger partial charge in [0.25, 0.3) is 0 Å². The lowest BCUT2D eigenvalue weighted by atomic mass is 10.2. The lowest BCUT2D eigenvalue weighted by molar-refractivity contribution is -0.136. The Morgan fingerprint density at radius 1 is 1.32 bits per heavy atom. The predicted molar refractivity (Wildman–Crippen MR) is 79.8 cm³/mol. The summed E-state index contributed by atoms with van der Waals surface area (Å²) in [5.74, 6) is 0.0515. The number of carbonyl (C=O) groups is 1. The molecule has 0 saturated heterocycles. The zero-order chi connectivity index (χ0) is 15.1. The molecule has 1 aromatic carbocycles. The molecule has 4 rings (SSSR count). The van der Waals surface area contributed by atoms with Gasteiger partial charge in [0, 0.05) is 12.2 Å². The van der Waals surface area contributed by atoms with Crippen LogP contribution in [0, 0.1) is 0 Å². The summed E-state index contributed by atoms with van der Waals surface area (Å²) in [4.78, 5) is 14.5. The normalized spacial score (nSPS) is 17.7. The molecular formula is C15H16N6O. The summed E-state index contributed by atoms with van der Waals surface area (Å²) in [5.41, 5.74) is 2.75. The van der Waals surface area contributed by atoms with E-state index in [4.69, 9.17) is 0 Å². The van der Waals surface area contributed by atoms with Gasteiger partial charge in [-0.3, -0.25) is 9.48 Å². The largest absolute Gasteiger partial charge is 0.331 e. The molecule has 0 fully saturated rings. The average Bonchev–Trinajstić information content (AvgIpc) is 3.13. The Labute approximate surface area is 127 Å². The minimum atomic E-state index is 0.0515. The van der Waals surface area contributed by atoms with Gasteiger partial charge in [-0.25, -0.2) is 4.68 Å². The number of rotatable bonds is 2. The molecule has 0 bridgehead atoms. The van der Waals surface area contributed by atoms with Crippen LogP contribution in [-0.4, -0.2) is 41.6 Å². The maximum absolute atomic E-state index is 12.7. The maximum atomic E-state index is 12.7. The minimum Gasteiger partial charge on any atom is -0.331 e. The second-order valence-electron chi connectivity index (χ2n) is 5.61. The summed E-state index contributed by atoms with van der Waals surface area (Å²) in [6, 6.07) is 9.74. The highest BCUT2D eigenvalue weighted by Gasteiger charge is 2.27. The van der Waals surface area contributed by atoms with E-state index in [0.29, 0.717) is 6.54 Å². The number of benzene rings is 1. The second-order valence-corrected chi connectivity index (χ2v) is 5.61. The molecule has 0 aliphatic carbocycles. The Hall–Kier alpha value is -2.70. The Balaban J connectivity index is 1.57. The summed E-state index contributed by atoms with van der Waals surface area (Å²) < 4.78 is 3.62. The third kappa shape index (κ3) is 2.05. The molecule has 2 aromatic heterocycles. The van der Waals surface area contributed by atoms with Gasteiger partial charge in [0.1, 0.15) is 12.1 Å². The topological polar surface area (TPSA) is 68.8 Å². The molecule has 22 heavy (non-hydrogen) atoms. The number of carbonyl (C=O) groups excluding carboxylic acids is 1. The summed E-state index contributed by atoms with van der Waals surface area (Å²) >= 11 is 0. The van der Waals surface area contributed by atoms with Gasteiger partial charge in [-0.15, -0.1) is 5.10 Å². The van der Waals surface area contributed by atoms with Crippen LogP contribution in [0.4, 0.5) is 0 Å². The van der Waals surface area contributed by atoms with E-state index >= 15 is 0 Å². The van der Waals surface area contributed by atoms with Crippen molar-refractivity contribution in [2.75, 3.05) is 0 Å². The number of hydrogen-bond acceptors (Lipinski definition) is 4. The van der Waals surface area contributed by atoms with Crippen molar-refractivity contribution in [2.24, 2.45) is 0 Å². The van der Waals surface area contributed by atoms with Gasteiger partial charge in [-0.2, -0.15) is 5.10 Å². The quantitative estimate of drug-likeness (QED) is 0.709. The molecule has 3 aromatic rings. The zero-order valence-corrected chi connectivity index (χ0v) is 12.3. The van der Waals surface area contributed by atoms with Crippen LogP contribution in [0.1, 0.15) is 12.6 Å². The lowest BCUT2D eigenvalue weighted by Gasteiger charge is -2.34. The van der Waals surface area contributed by atoms with Gasteiger partial charge in [-0.05, 0) is 25.1 Å². The summed E-state index contributed by atoms with van der Waals surface area (Å²) in [6.07, 6.45) is 1.78. The first kappa shape index (κ1) is 13.0. The van der Waals surface area contributed by atoms with E-state index in [1.165, 1.54) is 0 Å². The van der Waals surface area contributed by atoms with Crippen molar-refractivity contribution in [1.29, 1.82) is 0 Å². The van der Waals surface area contributed by atoms with Crippen molar-refractivity contribution in [3.8, 4) is 0 Å². The van der Waals surface area contributed by atoms with Crippen LogP contribution in [-0.2, 0) is 24.4 Å². The third-order valence-corrected chi connectivity index (χ3v) is 4.13. The van der Waals surface area contributed by atoms with Crippen molar-refractivity contribution >= 4 is 16.9 Å². The molecule has 1 amide bonds. The molecule has 0 N–H and O–H groups in total. The van der Waals surface area contributed by atoms with E-state index in [-0.39, 0.29) is 18.5 Å². The molecule has 0 radical (unpaired) electrons. The van der Waals surface area contributed by atoms with Crippen LogP contribution in [0.5, 0.6) is 0 Å². The fourth-order valence-electron chi connectivity index (χ4n) is 2.93. The van der Waals surface area contributed by atoms with Crippen LogP contribution < -0.4 is 0 Å². The minimum absolute atomic E-state index is 0.0515. The van der Waals surface area contributed by atoms with Crippen LogP contribution in [0.2, 0.25) is 0 Å². The first-order valence-electron chi connectivity index (χ1n) is 7.31. The van der Waals surface area contributed by atoms with Crippen LogP contribution >= 0.6 is 0 Å². The van der Waals surface area contributed by atoms with Crippen molar-refractivity contribution in [3.63, 3.8) is 0 Å². The van der Waals surface area contributed by atoms with E-state index < -0.39 is 0 Å². The monoisotopic (exact) mass is 296 g/mol. The van der Waals surface area contributed by atoms with E-state index in [9.17, 15) is 4.79 Å². The SMILES string of the molecule is CC1Cn2nccc2CN1C(=O)Cn1nnc2ccccc21. The highest BCUT2D eigenvalue weighted by Crippen LogP contribution is 2.18. The predicted octanol–water partition coefficient (Wildman–Crippen LogP) is 1.06. The van der Waals surface area contributed by atoms with E-state index in [0.717, 1.165) is 23.3 Å². The number of fused-ring (bicyclic) bond motifs is 2. The van der Waals surface area contributed by atoms with Gasteiger partial charge in [0.2, 0.25) is 5.91 Å². The average molecular weight is 296 g/mol. The van der Waals surface area contributed by atoms with Crippen molar-refractivity contribution in [1.82, 2.24) is 29.7 Å². The Bertz CT molecular complexity index is 835. The molecule has 1 atom stereocenters. The van der Waals surface area contributed by atoms with E-state index in [2.05, 4.69) is 15.4 Å². The van der Waals surface area contributed by atoms with Crippen molar-refractivity contribution < 1.29 is 4.79 Å². The van der Waals surface area contributed by atoms with Crippen molar-refractivity contribution in [3.05, 3.63) is 42.2 Å². The van der Waals surface area contributed by atoms with Gasteiger partial charge in [0.05, 0.1) is 24.3 Å². The van der Waals surface area contributed by atoms with Crippen LogP contribution in [0.25, 0.3) is 11.0 Å². The molecular weight excluding hydrogens is 280 g/mol. The molecule has 0 spiro atoms. The van der Waals surface area contributed by atoms with E-state index in [1.807, 2.05) is 46.8 Å². The third-order valence-electron chi connectivity index (χ3n) is 4.13. The van der Waals surface area contributed by atoms with Crippen molar-refractivity contribution in [2.45, 2.75) is 32.6 Å². The van der Waals surface area contributed by atoms with Crippen LogP contribution in [0.3, 0.4) is 0 Å². The zero-order valence-electron chi connectivity index (χ0n) is 12.3. The number of nitrogens with zero attached hydrogens (tertiary/aromatic N) is 6. The molecule has 1 aliphatic heterocycles. The molecule has 7 heteroatoms. The molecule has 1 aliphatic rings. The molecule has 112 valence electrons. The maximum Gasteiger partial charge on any atom is 0.245 e. The smallest absolute Gasteiger partial charge is 0.245 e. The number of amides is 1.